The highest BCUT2D eigenvalue weighted by atomic mass is 16.5. The topological polar surface area (TPSA) is 70.6 Å². The lowest BCUT2D eigenvalue weighted by Gasteiger charge is -2.14. The second-order valence-electron chi connectivity index (χ2n) is 8.82. The number of nitrogens with one attached hydrogen (secondary N) is 2. The molecule has 5 aromatic carbocycles. The molecule has 0 aromatic heterocycles. The zero-order valence-corrected chi connectivity index (χ0v) is 20.4. The first kappa shape index (κ1) is 24.1. The molecule has 0 aliphatic heterocycles. The van der Waals surface area contributed by atoms with Crippen LogP contribution in [-0.2, 0) is 0 Å². The highest BCUT2D eigenvalue weighted by Gasteiger charge is 2.07. The Hall–Kier alpha value is -4.61. The van der Waals surface area contributed by atoms with E-state index in [9.17, 15) is 4.79 Å². The van der Waals surface area contributed by atoms with Crippen molar-refractivity contribution in [2.45, 2.75) is 6.42 Å². The van der Waals surface area contributed by atoms with Gasteiger partial charge in [-0.1, -0.05) is 91.0 Å². The number of hydroxylamine groups is 1. The van der Waals surface area contributed by atoms with Gasteiger partial charge in [-0.15, -0.1) is 0 Å². The first-order valence-corrected chi connectivity index (χ1v) is 12.3. The van der Waals surface area contributed by atoms with Crippen LogP contribution in [0.4, 0.5) is 5.69 Å². The molecule has 0 spiro atoms. The average molecular weight is 489 g/mol. The maximum absolute atomic E-state index is 11.7. The molecule has 0 saturated carbocycles. The van der Waals surface area contributed by atoms with Crippen LogP contribution in [0.25, 0.3) is 27.6 Å². The van der Waals surface area contributed by atoms with Gasteiger partial charge in [0.2, 0.25) is 0 Å². The van der Waals surface area contributed by atoms with Crippen LogP contribution < -0.4 is 15.5 Å². The lowest BCUT2D eigenvalue weighted by molar-refractivity contribution is 0.0706. The SMILES string of the molecule is O=C(NO)c1ccc(/C=C(/CCOc2cccc3ccccc23)CNc2cccc3ccccc23)cc1. The number of rotatable bonds is 9. The summed E-state index contributed by atoms with van der Waals surface area (Å²) in [5.41, 5.74) is 5.27. The molecule has 184 valence electrons. The van der Waals surface area contributed by atoms with Crippen LogP contribution in [0.2, 0.25) is 0 Å². The lowest BCUT2D eigenvalue weighted by Crippen LogP contribution is -2.18. The molecule has 0 aliphatic carbocycles. The van der Waals surface area contributed by atoms with E-state index in [1.54, 1.807) is 17.6 Å². The Morgan fingerprint density at radius 3 is 2.16 bits per heavy atom. The van der Waals surface area contributed by atoms with Gasteiger partial charge in [0.05, 0.1) is 6.61 Å². The van der Waals surface area contributed by atoms with Crippen LogP contribution in [0.15, 0.2) is 115 Å². The van der Waals surface area contributed by atoms with Gasteiger partial charge in [-0.25, -0.2) is 5.48 Å². The maximum Gasteiger partial charge on any atom is 0.274 e. The van der Waals surface area contributed by atoms with Crippen molar-refractivity contribution in [1.29, 1.82) is 0 Å². The molecule has 3 N–H and O–H groups in total. The molecule has 0 fully saturated rings. The molecule has 5 aromatic rings. The van der Waals surface area contributed by atoms with Crippen molar-refractivity contribution in [3.63, 3.8) is 0 Å². The van der Waals surface area contributed by atoms with Crippen molar-refractivity contribution < 1.29 is 14.7 Å². The van der Waals surface area contributed by atoms with Gasteiger partial charge in [0.25, 0.3) is 5.91 Å². The molecule has 0 heterocycles. The molecule has 0 saturated heterocycles. The van der Waals surface area contributed by atoms with Gasteiger partial charge < -0.3 is 10.1 Å². The van der Waals surface area contributed by atoms with Crippen molar-refractivity contribution in [2.75, 3.05) is 18.5 Å². The zero-order valence-electron chi connectivity index (χ0n) is 20.4. The second-order valence-corrected chi connectivity index (χ2v) is 8.82. The Balaban J connectivity index is 1.35. The third kappa shape index (κ3) is 5.80. The van der Waals surface area contributed by atoms with Crippen LogP contribution >= 0.6 is 0 Å². The van der Waals surface area contributed by atoms with E-state index in [1.807, 2.05) is 48.5 Å². The van der Waals surface area contributed by atoms with Crippen molar-refractivity contribution in [1.82, 2.24) is 5.48 Å². The predicted molar refractivity (Wildman–Crippen MR) is 150 cm³/mol. The Morgan fingerprint density at radius 2 is 1.41 bits per heavy atom. The van der Waals surface area contributed by atoms with Gasteiger partial charge in [0, 0.05) is 35.0 Å². The summed E-state index contributed by atoms with van der Waals surface area (Å²) in [6, 6.07) is 36.0. The minimum atomic E-state index is -0.531. The van der Waals surface area contributed by atoms with Crippen LogP contribution in [0.5, 0.6) is 5.75 Å². The molecule has 5 rings (SSSR count). The van der Waals surface area contributed by atoms with Gasteiger partial charge >= 0.3 is 0 Å². The summed E-state index contributed by atoms with van der Waals surface area (Å²) in [5, 5.41) is 17.1. The van der Waals surface area contributed by atoms with E-state index in [4.69, 9.17) is 9.94 Å². The standard InChI is InChI=1S/C32H28N2O3/c35-32(34-36)27-17-15-23(16-18-27)21-24(22-33-30-13-5-9-25-7-1-3-11-28(25)30)19-20-37-31-14-6-10-26-8-2-4-12-29(26)31/h1-18,21,33,36H,19-20,22H2,(H,34,35)/b24-21-. The Morgan fingerprint density at radius 1 is 0.757 bits per heavy atom. The molecule has 0 bridgehead atoms. The minimum absolute atomic E-state index is 0.398. The number of anilines is 1. The van der Waals surface area contributed by atoms with Crippen molar-refractivity contribution in [2.24, 2.45) is 0 Å². The molecule has 0 aliphatic rings. The highest BCUT2D eigenvalue weighted by Crippen LogP contribution is 2.26. The first-order chi connectivity index (χ1) is 18.2. The molecule has 0 atom stereocenters. The van der Waals surface area contributed by atoms with Gasteiger partial charge in [-0.3, -0.25) is 10.0 Å². The Bertz CT molecular complexity index is 1550. The third-order valence-electron chi connectivity index (χ3n) is 6.37. The molecule has 5 nitrogen and oxygen atoms in total. The number of fused-ring (bicyclic) bond motifs is 2. The van der Waals surface area contributed by atoms with Crippen molar-refractivity contribution >= 4 is 39.2 Å². The van der Waals surface area contributed by atoms with E-state index in [0.29, 0.717) is 18.7 Å². The summed E-state index contributed by atoms with van der Waals surface area (Å²) < 4.78 is 6.23. The van der Waals surface area contributed by atoms with Crippen molar-refractivity contribution in [3.05, 3.63) is 126 Å². The number of hydrogen-bond donors (Lipinski definition) is 3. The van der Waals surface area contributed by atoms with Gasteiger partial charge in [-0.2, -0.15) is 0 Å². The van der Waals surface area contributed by atoms with Crippen LogP contribution in [0, 0.1) is 0 Å². The Kier molecular flexibility index (Phi) is 7.44. The smallest absolute Gasteiger partial charge is 0.274 e. The molecule has 0 radical (unpaired) electrons. The molecule has 37 heavy (non-hydrogen) atoms. The van der Waals surface area contributed by atoms with E-state index >= 15 is 0 Å². The number of carbonyl (C=O) groups excluding carboxylic acids is 1. The average Bonchev–Trinajstić information content (AvgIpc) is 2.96. The molecular weight excluding hydrogens is 460 g/mol. The number of amides is 1. The van der Waals surface area contributed by atoms with E-state index < -0.39 is 5.91 Å². The number of benzene rings is 5. The third-order valence-corrected chi connectivity index (χ3v) is 6.37. The van der Waals surface area contributed by atoms with Gasteiger partial charge in [0.1, 0.15) is 5.75 Å². The summed E-state index contributed by atoms with van der Waals surface area (Å²) in [7, 11) is 0. The van der Waals surface area contributed by atoms with Crippen LogP contribution in [0.3, 0.4) is 0 Å². The van der Waals surface area contributed by atoms with Crippen molar-refractivity contribution in [3.8, 4) is 5.75 Å². The number of hydrogen-bond acceptors (Lipinski definition) is 4. The van der Waals surface area contributed by atoms with Gasteiger partial charge in [-0.05, 0) is 46.2 Å². The largest absolute Gasteiger partial charge is 0.493 e. The van der Waals surface area contributed by atoms with E-state index in [2.05, 4.69) is 59.9 Å². The fourth-order valence-electron chi connectivity index (χ4n) is 4.44. The normalized spacial score (nSPS) is 11.4. The Labute approximate surface area is 216 Å². The maximum atomic E-state index is 11.7. The quantitative estimate of drug-likeness (QED) is 0.153. The van der Waals surface area contributed by atoms with Gasteiger partial charge in [0.15, 0.2) is 0 Å². The first-order valence-electron chi connectivity index (χ1n) is 12.3. The summed E-state index contributed by atoms with van der Waals surface area (Å²) in [4.78, 5) is 11.7. The fourth-order valence-corrected chi connectivity index (χ4v) is 4.44. The molecule has 0 unspecified atom stereocenters. The summed E-state index contributed by atoms with van der Waals surface area (Å²) in [5.74, 6) is 0.343. The fraction of sp³-hybridized carbons (Fsp3) is 0.0938. The summed E-state index contributed by atoms with van der Waals surface area (Å²) in [6.45, 7) is 1.17. The van der Waals surface area contributed by atoms with E-state index in [1.165, 1.54) is 10.8 Å². The summed E-state index contributed by atoms with van der Waals surface area (Å²) in [6.07, 6.45) is 2.84. The molecular formula is C32H28N2O3. The lowest BCUT2D eigenvalue weighted by atomic mass is 10.1. The number of carbonyl (C=O) groups is 1. The zero-order chi connectivity index (χ0) is 25.5. The minimum Gasteiger partial charge on any atom is -0.493 e. The summed E-state index contributed by atoms with van der Waals surface area (Å²) >= 11 is 0. The second kappa shape index (κ2) is 11.4. The van der Waals surface area contributed by atoms with Crippen LogP contribution in [-0.4, -0.2) is 24.3 Å². The van der Waals surface area contributed by atoms with E-state index in [0.717, 1.165) is 39.8 Å². The highest BCUT2D eigenvalue weighted by molar-refractivity contribution is 5.94. The number of ether oxygens (including phenoxy) is 1. The predicted octanol–water partition coefficient (Wildman–Crippen LogP) is 7.08. The van der Waals surface area contributed by atoms with Crippen LogP contribution in [0.1, 0.15) is 22.3 Å². The van der Waals surface area contributed by atoms with E-state index in [-0.39, 0.29) is 0 Å². The molecule has 5 heteroatoms. The molecule has 1 amide bonds. The monoisotopic (exact) mass is 488 g/mol.